The summed E-state index contributed by atoms with van der Waals surface area (Å²) in [5, 5.41) is 4.04. The summed E-state index contributed by atoms with van der Waals surface area (Å²) >= 11 is 0. The minimum Gasteiger partial charge on any atom is -0.495 e. The summed E-state index contributed by atoms with van der Waals surface area (Å²) in [6.45, 7) is 9.17. The first-order valence-corrected chi connectivity index (χ1v) is 12.3. The molecule has 5 heteroatoms. The number of piperidine rings is 3. The summed E-state index contributed by atoms with van der Waals surface area (Å²) in [5.41, 5.74) is 6.39. The van der Waals surface area contributed by atoms with Gasteiger partial charge in [-0.05, 0) is 87.0 Å². The van der Waals surface area contributed by atoms with Crippen LogP contribution in [-0.4, -0.2) is 36.7 Å². The number of methoxy groups -OCH3 is 1. The van der Waals surface area contributed by atoms with Gasteiger partial charge in [0, 0.05) is 17.5 Å². The molecule has 3 aliphatic heterocycles. The molecular formula is C30H38Cl2N2O. The molecule has 0 spiro atoms. The summed E-state index contributed by atoms with van der Waals surface area (Å²) < 4.78 is 5.82. The molecule has 2 atom stereocenters. The van der Waals surface area contributed by atoms with Gasteiger partial charge in [0.2, 0.25) is 0 Å². The van der Waals surface area contributed by atoms with Crippen LogP contribution in [0.15, 0.2) is 72.8 Å². The van der Waals surface area contributed by atoms with Gasteiger partial charge in [-0.25, -0.2) is 0 Å². The van der Waals surface area contributed by atoms with Crippen LogP contribution in [0.4, 0.5) is 5.69 Å². The molecule has 3 heterocycles. The molecule has 0 radical (unpaired) electrons. The second-order valence-electron chi connectivity index (χ2n) is 10.1. The van der Waals surface area contributed by atoms with E-state index in [1.807, 2.05) is 0 Å². The molecule has 3 fully saturated rings. The van der Waals surface area contributed by atoms with Gasteiger partial charge >= 0.3 is 0 Å². The van der Waals surface area contributed by atoms with Crippen LogP contribution in [0.1, 0.15) is 47.9 Å². The molecular weight excluding hydrogens is 475 g/mol. The van der Waals surface area contributed by atoms with Crippen molar-refractivity contribution in [2.75, 3.05) is 25.5 Å². The van der Waals surface area contributed by atoms with Gasteiger partial charge in [-0.1, -0.05) is 60.7 Å². The van der Waals surface area contributed by atoms with Gasteiger partial charge in [0.15, 0.2) is 0 Å². The van der Waals surface area contributed by atoms with Gasteiger partial charge in [0.25, 0.3) is 0 Å². The van der Waals surface area contributed by atoms with Crippen molar-refractivity contribution in [1.29, 1.82) is 0 Å². The zero-order valence-corrected chi connectivity index (χ0v) is 22.8. The molecule has 3 saturated heterocycles. The van der Waals surface area contributed by atoms with Crippen LogP contribution < -0.4 is 10.1 Å². The SMILES string of the molecule is COc1cc(C)c(C)cc1N[C@H]1C2CCN(CC2)[C@@]1(C)C(c1ccccc1)c1ccccc1.Cl.Cl. The van der Waals surface area contributed by atoms with Gasteiger partial charge in [0.05, 0.1) is 12.8 Å². The van der Waals surface area contributed by atoms with Crippen LogP contribution in [0.25, 0.3) is 0 Å². The van der Waals surface area contributed by atoms with Crippen LogP contribution in [0, 0.1) is 19.8 Å². The molecule has 0 aromatic heterocycles. The fourth-order valence-corrected chi connectivity index (χ4v) is 6.41. The average molecular weight is 514 g/mol. The fraction of sp³-hybridized carbons (Fsp3) is 0.400. The standard InChI is InChI=1S/C30H36N2O.2ClH/c1-21-19-26(27(33-4)20-22(21)2)31-29-25-15-17-32(18-16-25)30(29,3)28(23-11-7-5-8-12-23)24-13-9-6-10-14-24;;/h5-14,19-20,25,28-29,31H,15-18H2,1-4H3;2*1H/t29-,30-;;/m0../s1. The second-order valence-corrected chi connectivity index (χ2v) is 10.1. The number of aryl methyl sites for hydroxylation is 2. The Morgan fingerprint density at radius 2 is 1.37 bits per heavy atom. The number of nitrogens with one attached hydrogen (secondary N) is 1. The Morgan fingerprint density at radius 3 is 1.89 bits per heavy atom. The lowest BCUT2D eigenvalue weighted by Crippen LogP contribution is -2.70. The summed E-state index contributed by atoms with van der Waals surface area (Å²) in [6, 6.07) is 26.9. The molecule has 2 bridgehead atoms. The van der Waals surface area contributed by atoms with Crippen molar-refractivity contribution in [3.8, 4) is 5.75 Å². The first-order valence-electron chi connectivity index (χ1n) is 12.3. The molecule has 35 heavy (non-hydrogen) atoms. The highest BCUT2D eigenvalue weighted by atomic mass is 35.5. The van der Waals surface area contributed by atoms with E-state index in [1.165, 1.54) is 48.2 Å². The maximum absolute atomic E-state index is 5.82. The van der Waals surface area contributed by atoms with E-state index in [0.717, 1.165) is 11.4 Å². The first-order chi connectivity index (χ1) is 16.0. The minimum atomic E-state index is -0.0618. The third kappa shape index (κ3) is 4.91. The van der Waals surface area contributed by atoms with Crippen molar-refractivity contribution < 1.29 is 4.74 Å². The summed E-state index contributed by atoms with van der Waals surface area (Å²) in [4.78, 5) is 2.75. The molecule has 3 nitrogen and oxygen atoms in total. The lowest BCUT2D eigenvalue weighted by molar-refractivity contribution is -0.0401. The molecule has 3 aliphatic rings. The zero-order chi connectivity index (χ0) is 23.0. The zero-order valence-electron chi connectivity index (χ0n) is 21.2. The van der Waals surface area contributed by atoms with Gasteiger partial charge in [0.1, 0.15) is 5.75 Å². The van der Waals surface area contributed by atoms with Crippen molar-refractivity contribution >= 4 is 30.5 Å². The molecule has 0 amide bonds. The highest BCUT2D eigenvalue weighted by Gasteiger charge is 2.55. The van der Waals surface area contributed by atoms with E-state index in [2.05, 4.69) is 104 Å². The third-order valence-electron chi connectivity index (χ3n) is 8.30. The first kappa shape index (κ1) is 27.4. The molecule has 0 aliphatic carbocycles. The number of hydrogen-bond acceptors (Lipinski definition) is 3. The maximum atomic E-state index is 5.82. The van der Waals surface area contributed by atoms with E-state index in [4.69, 9.17) is 4.74 Å². The van der Waals surface area contributed by atoms with E-state index < -0.39 is 0 Å². The van der Waals surface area contributed by atoms with Crippen molar-refractivity contribution in [2.45, 2.75) is 51.1 Å². The summed E-state index contributed by atoms with van der Waals surface area (Å²) in [5.74, 6) is 1.85. The number of anilines is 1. The Bertz CT molecular complexity index is 1060. The molecule has 3 aromatic carbocycles. The predicted molar refractivity (Wildman–Crippen MR) is 152 cm³/mol. The lowest BCUT2D eigenvalue weighted by atomic mass is 9.62. The topological polar surface area (TPSA) is 24.5 Å². The van der Waals surface area contributed by atoms with E-state index in [0.29, 0.717) is 12.0 Å². The quantitative estimate of drug-likeness (QED) is 0.376. The monoisotopic (exact) mass is 512 g/mol. The number of fused-ring (bicyclic) bond motifs is 3. The highest BCUT2D eigenvalue weighted by molar-refractivity contribution is 5.85. The van der Waals surface area contributed by atoms with Crippen molar-refractivity contribution in [1.82, 2.24) is 4.90 Å². The number of halogens is 2. The number of hydrogen-bond donors (Lipinski definition) is 1. The van der Waals surface area contributed by atoms with Gasteiger partial charge < -0.3 is 10.1 Å². The normalized spacial score (nSPS) is 24.9. The van der Waals surface area contributed by atoms with Crippen molar-refractivity contribution in [3.05, 3.63) is 95.1 Å². The third-order valence-corrected chi connectivity index (χ3v) is 8.30. The van der Waals surface area contributed by atoms with E-state index in [-0.39, 0.29) is 36.3 Å². The van der Waals surface area contributed by atoms with Crippen LogP contribution in [-0.2, 0) is 0 Å². The summed E-state index contributed by atoms with van der Waals surface area (Å²) in [7, 11) is 1.78. The number of benzene rings is 3. The Balaban J connectivity index is 0.00000171. The molecule has 0 saturated carbocycles. The molecule has 6 rings (SSSR count). The lowest BCUT2D eigenvalue weighted by Gasteiger charge is -2.61. The van der Waals surface area contributed by atoms with Crippen molar-refractivity contribution in [2.24, 2.45) is 5.92 Å². The van der Waals surface area contributed by atoms with Crippen LogP contribution >= 0.6 is 24.8 Å². The van der Waals surface area contributed by atoms with E-state index in [1.54, 1.807) is 7.11 Å². The predicted octanol–water partition coefficient (Wildman–Crippen LogP) is 7.25. The Labute approximate surface area is 223 Å². The fourth-order valence-electron chi connectivity index (χ4n) is 6.41. The number of ether oxygens (including phenoxy) is 1. The van der Waals surface area contributed by atoms with Crippen LogP contribution in [0.2, 0.25) is 0 Å². The van der Waals surface area contributed by atoms with Crippen molar-refractivity contribution in [3.63, 3.8) is 0 Å². The smallest absolute Gasteiger partial charge is 0.142 e. The number of rotatable bonds is 6. The molecule has 0 unspecified atom stereocenters. The molecule has 188 valence electrons. The average Bonchev–Trinajstić information content (AvgIpc) is 2.85. The Morgan fingerprint density at radius 1 is 0.857 bits per heavy atom. The Kier molecular flexibility index (Phi) is 8.80. The highest BCUT2D eigenvalue weighted by Crippen LogP contribution is 2.51. The van der Waals surface area contributed by atoms with Crippen LogP contribution in [0.3, 0.4) is 0 Å². The van der Waals surface area contributed by atoms with E-state index in [9.17, 15) is 0 Å². The summed E-state index contributed by atoms with van der Waals surface area (Å²) in [6.07, 6.45) is 2.49. The van der Waals surface area contributed by atoms with Gasteiger partial charge in [-0.15, -0.1) is 24.8 Å². The maximum Gasteiger partial charge on any atom is 0.142 e. The minimum absolute atomic E-state index is 0. The van der Waals surface area contributed by atoms with E-state index >= 15 is 0 Å². The number of nitrogens with zero attached hydrogens (tertiary/aromatic N) is 1. The van der Waals surface area contributed by atoms with Gasteiger partial charge in [-0.3, -0.25) is 4.90 Å². The largest absolute Gasteiger partial charge is 0.495 e. The molecule has 3 aromatic rings. The second kappa shape index (κ2) is 11.2. The molecule has 1 N–H and O–H groups in total. The van der Waals surface area contributed by atoms with Crippen LogP contribution in [0.5, 0.6) is 5.75 Å². The van der Waals surface area contributed by atoms with Gasteiger partial charge in [-0.2, -0.15) is 0 Å². The Hall–Kier alpha value is -2.20.